The van der Waals surface area contributed by atoms with Gasteiger partial charge in [0.2, 0.25) is 5.91 Å². The summed E-state index contributed by atoms with van der Waals surface area (Å²) >= 11 is 0. The van der Waals surface area contributed by atoms with Crippen molar-refractivity contribution in [3.63, 3.8) is 0 Å². The van der Waals surface area contributed by atoms with E-state index < -0.39 is 17.6 Å². The first-order chi connectivity index (χ1) is 17.8. The molecule has 1 aromatic heterocycles. The average molecular weight is 512 g/mol. The number of anilines is 2. The number of aromatic nitrogens is 2. The second kappa shape index (κ2) is 10.1. The Bertz CT molecular complexity index is 1260. The average Bonchev–Trinajstić information content (AvgIpc) is 3.32. The van der Waals surface area contributed by atoms with Crippen molar-refractivity contribution in [1.29, 1.82) is 0 Å². The van der Waals surface area contributed by atoms with Crippen LogP contribution in [0.2, 0.25) is 0 Å². The molecule has 0 saturated carbocycles. The molecule has 2 fully saturated rings. The van der Waals surface area contributed by atoms with E-state index in [0.717, 1.165) is 17.8 Å². The Kier molecular flexibility index (Phi) is 6.68. The maximum atomic E-state index is 13.0. The number of likely N-dealkylation sites (tertiary alicyclic amines) is 1. The van der Waals surface area contributed by atoms with Crippen molar-refractivity contribution >= 4 is 23.2 Å². The highest BCUT2D eigenvalue weighted by Gasteiger charge is 2.34. The van der Waals surface area contributed by atoms with E-state index in [4.69, 9.17) is 4.74 Å². The van der Waals surface area contributed by atoms with Crippen LogP contribution in [0, 0.1) is 5.92 Å². The highest BCUT2D eigenvalue weighted by molar-refractivity contribution is 5.95. The third-order valence-electron chi connectivity index (χ3n) is 6.48. The number of nitrogens with one attached hydrogen (secondary N) is 1. The first-order valence-electron chi connectivity index (χ1n) is 11.8. The zero-order valence-electron chi connectivity index (χ0n) is 19.7. The highest BCUT2D eigenvalue weighted by Crippen LogP contribution is 2.30. The summed E-state index contributed by atoms with van der Waals surface area (Å²) in [5.41, 5.74) is 0.734. The minimum atomic E-state index is -4.51. The maximum absolute atomic E-state index is 13.0. The lowest BCUT2D eigenvalue weighted by atomic mass is 9.98. The molecule has 5 rings (SSSR count). The molecule has 0 bridgehead atoms. The van der Waals surface area contributed by atoms with Crippen LogP contribution in [0.25, 0.3) is 0 Å². The number of carbonyl (C=O) groups is 2. The van der Waals surface area contributed by atoms with E-state index in [-0.39, 0.29) is 30.0 Å². The Labute approximate surface area is 211 Å². The second-order valence-electron chi connectivity index (χ2n) is 9.07. The van der Waals surface area contributed by atoms with Crippen LogP contribution in [-0.4, -0.2) is 59.2 Å². The number of ether oxygens (including phenoxy) is 1. The molecule has 2 amide bonds. The number of benzene rings is 2. The van der Waals surface area contributed by atoms with Crippen LogP contribution in [0.4, 0.5) is 24.5 Å². The molecule has 3 heterocycles. The molecule has 192 valence electrons. The maximum Gasteiger partial charge on any atom is 0.416 e. The van der Waals surface area contributed by atoms with Crippen LogP contribution in [0.5, 0.6) is 5.75 Å². The van der Waals surface area contributed by atoms with Gasteiger partial charge in [0.25, 0.3) is 5.91 Å². The SMILES string of the molecule is O=C(Nc1ccc(OC2CCN(C(=O)c3cccc(C(F)(F)F)c3)C2)cc1)C1CN(c2ccnnc2)C1. The molecule has 3 aromatic rings. The van der Waals surface area contributed by atoms with E-state index in [2.05, 4.69) is 20.4 Å². The van der Waals surface area contributed by atoms with E-state index in [1.807, 2.05) is 6.07 Å². The molecule has 1 unspecified atom stereocenters. The third kappa shape index (κ3) is 5.65. The number of carbonyl (C=O) groups excluding carboxylic acids is 2. The smallest absolute Gasteiger partial charge is 0.416 e. The molecule has 2 aliphatic rings. The number of halogens is 3. The molecule has 37 heavy (non-hydrogen) atoms. The Morgan fingerprint density at radius 3 is 2.49 bits per heavy atom. The summed E-state index contributed by atoms with van der Waals surface area (Å²) in [5, 5.41) is 10.5. The Morgan fingerprint density at radius 2 is 1.78 bits per heavy atom. The van der Waals surface area contributed by atoms with Gasteiger partial charge in [0.05, 0.1) is 36.1 Å². The molecular weight excluding hydrogens is 487 g/mol. The summed E-state index contributed by atoms with van der Waals surface area (Å²) in [6.45, 7) is 1.88. The second-order valence-corrected chi connectivity index (χ2v) is 9.07. The summed E-state index contributed by atoms with van der Waals surface area (Å²) in [5.74, 6) is -0.0595. The van der Waals surface area contributed by atoms with Crippen molar-refractivity contribution in [1.82, 2.24) is 15.1 Å². The number of hydrogen-bond donors (Lipinski definition) is 1. The summed E-state index contributed by atoms with van der Waals surface area (Å²) in [6.07, 6.45) is -0.941. The lowest BCUT2D eigenvalue weighted by molar-refractivity contribution is -0.137. The summed E-state index contributed by atoms with van der Waals surface area (Å²) < 4.78 is 44.9. The van der Waals surface area contributed by atoms with Crippen molar-refractivity contribution in [3.05, 3.63) is 78.1 Å². The van der Waals surface area contributed by atoms with E-state index >= 15 is 0 Å². The minimum Gasteiger partial charge on any atom is -0.489 e. The minimum absolute atomic E-state index is 0.00240. The van der Waals surface area contributed by atoms with E-state index in [0.29, 0.717) is 37.5 Å². The third-order valence-corrected chi connectivity index (χ3v) is 6.48. The van der Waals surface area contributed by atoms with Gasteiger partial charge in [0, 0.05) is 37.3 Å². The van der Waals surface area contributed by atoms with Crippen LogP contribution in [0.15, 0.2) is 67.0 Å². The van der Waals surface area contributed by atoms with Gasteiger partial charge in [-0.05, 0) is 48.5 Å². The summed E-state index contributed by atoms with van der Waals surface area (Å²) in [7, 11) is 0. The van der Waals surface area contributed by atoms with Gasteiger partial charge in [0.1, 0.15) is 11.9 Å². The molecule has 0 aliphatic carbocycles. The molecule has 1 N–H and O–H groups in total. The van der Waals surface area contributed by atoms with E-state index in [9.17, 15) is 22.8 Å². The fourth-order valence-electron chi connectivity index (χ4n) is 4.40. The van der Waals surface area contributed by atoms with Crippen molar-refractivity contribution in [2.45, 2.75) is 18.7 Å². The van der Waals surface area contributed by atoms with Crippen molar-refractivity contribution in [3.8, 4) is 5.75 Å². The quantitative estimate of drug-likeness (QED) is 0.541. The number of hydrogen-bond acceptors (Lipinski definition) is 6. The van der Waals surface area contributed by atoms with E-state index in [1.54, 1.807) is 36.7 Å². The van der Waals surface area contributed by atoms with Crippen LogP contribution >= 0.6 is 0 Å². The predicted octanol–water partition coefficient (Wildman–Crippen LogP) is 3.86. The van der Waals surface area contributed by atoms with Crippen LogP contribution in [0.1, 0.15) is 22.3 Å². The van der Waals surface area contributed by atoms with Gasteiger partial charge in [-0.25, -0.2) is 0 Å². The molecular formula is C26H24F3N5O3. The summed E-state index contributed by atoms with van der Waals surface area (Å²) in [6, 6.07) is 13.3. The fraction of sp³-hybridized carbons (Fsp3) is 0.308. The molecule has 1 atom stereocenters. The molecule has 8 nitrogen and oxygen atoms in total. The van der Waals surface area contributed by atoms with Crippen molar-refractivity contribution in [2.24, 2.45) is 5.92 Å². The Morgan fingerprint density at radius 1 is 1.00 bits per heavy atom. The molecule has 2 aliphatic heterocycles. The largest absolute Gasteiger partial charge is 0.489 e. The summed E-state index contributed by atoms with van der Waals surface area (Å²) in [4.78, 5) is 28.8. The standard InChI is InChI=1S/C26H24F3N5O3/c27-26(28,29)19-3-1-2-17(12-19)25(36)33-11-9-23(16-33)37-22-6-4-20(5-7-22)32-24(35)18-14-34(15-18)21-8-10-30-31-13-21/h1-8,10,12-13,18,23H,9,11,14-16H2,(H,32,35). The molecule has 11 heteroatoms. The first-order valence-corrected chi connectivity index (χ1v) is 11.8. The van der Waals surface area contributed by atoms with Crippen LogP contribution in [0.3, 0.4) is 0 Å². The molecule has 2 aromatic carbocycles. The molecule has 2 saturated heterocycles. The topological polar surface area (TPSA) is 87.7 Å². The van der Waals surface area contributed by atoms with Gasteiger partial charge in [-0.3, -0.25) is 9.59 Å². The lowest BCUT2D eigenvalue weighted by Gasteiger charge is -2.39. The van der Waals surface area contributed by atoms with Crippen molar-refractivity contribution < 1.29 is 27.5 Å². The first kappa shape index (κ1) is 24.5. The Balaban J connectivity index is 1.10. The molecule has 0 radical (unpaired) electrons. The number of rotatable bonds is 6. The van der Waals surface area contributed by atoms with Crippen LogP contribution in [-0.2, 0) is 11.0 Å². The predicted molar refractivity (Wildman–Crippen MR) is 129 cm³/mol. The van der Waals surface area contributed by atoms with Gasteiger partial charge in [0.15, 0.2) is 0 Å². The molecule has 0 spiro atoms. The zero-order valence-corrected chi connectivity index (χ0v) is 19.7. The van der Waals surface area contributed by atoms with Gasteiger partial charge in [-0.1, -0.05) is 6.07 Å². The van der Waals surface area contributed by atoms with Gasteiger partial charge < -0.3 is 19.9 Å². The van der Waals surface area contributed by atoms with Crippen LogP contribution < -0.4 is 15.0 Å². The number of nitrogens with zero attached hydrogens (tertiary/aromatic N) is 4. The fourth-order valence-corrected chi connectivity index (χ4v) is 4.40. The Hall–Kier alpha value is -4.15. The monoisotopic (exact) mass is 511 g/mol. The highest BCUT2D eigenvalue weighted by atomic mass is 19.4. The van der Waals surface area contributed by atoms with Gasteiger partial charge in [-0.15, -0.1) is 0 Å². The number of alkyl halides is 3. The van der Waals surface area contributed by atoms with Gasteiger partial charge in [-0.2, -0.15) is 23.4 Å². The number of amides is 2. The van der Waals surface area contributed by atoms with Crippen molar-refractivity contribution in [2.75, 3.05) is 36.4 Å². The normalized spacial score (nSPS) is 17.9. The lowest BCUT2D eigenvalue weighted by Crippen LogP contribution is -2.52. The zero-order chi connectivity index (χ0) is 26.0. The van der Waals surface area contributed by atoms with E-state index in [1.165, 1.54) is 17.0 Å². The van der Waals surface area contributed by atoms with Gasteiger partial charge >= 0.3 is 6.18 Å².